The van der Waals surface area contributed by atoms with Crippen molar-refractivity contribution in [1.29, 1.82) is 0 Å². The van der Waals surface area contributed by atoms with Crippen LogP contribution in [-0.2, 0) is 27.5 Å². The van der Waals surface area contributed by atoms with Crippen molar-refractivity contribution in [2.75, 3.05) is 23.4 Å². The molecule has 0 bridgehead atoms. The molecule has 2 rings (SSSR count). The molecule has 0 aromatic heterocycles. The molecule has 1 aromatic carbocycles. The van der Waals surface area contributed by atoms with Gasteiger partial charge in [0.25, 0.3) is 0 Å². The molecule has 7 nitrogen and oxygen atoms in total. The average molecular weight is 508 g/mol. The number of hydrogen-bond acceptors (Lipinski definition) is 4. The highest BCUT2D eigenvalue weighted by Crippen LogP contribution is 2.22. The minimum absolute atomic E-state index is 0. The first-order chi connectivity index (χ1) is 12.3. The van der Waals surface area contributed by atoms with Gasteiger partial charge in [0.1, 0.15) is 0 Å². The molecule has 1 saturated heterocycles. The molecule has 1 atom stereocenters. The number of anilines is 1. The van der Waals surface area contributed by atoms with Gasteiger partial charge in [0.05, 0.1) is 18.1 Å². The van der Waals surface area contributed by atoms with Crippen LogP contribution >= 0.6 is 24.0 Å². The van der Waals surface area contributed by atoms with E-state index < -0.39 is 9.84 Å². The fourth-order valence-electron chi connectivity index (χ4n) is 3.06. The quantitative estimate of drug-likeness (QED) is 0.296. The van der Waals surface area contributed by atoms with E-state index in [1.807, 2.05) is 6.07 Å². The average Bonchev–Trinajstić information content (AvgIpc) is 2.93. The number of benzene rings is 1. The Morgan fingerprint density at radius 1 is 1.26 bits per heavy atom. The molecular formula is C18H29IN4O3S. The molecule has 1 aromatic rings. The Labute approximate surface area is 178 Å². The maximum Gasteiger partial charge on any atom is 0.222 e. The third kappa shape index (κ3) is 7.28. The van der Waals surface area contributed by atoms with Crippen LogP contribution in [0.25, 0.3) is 0 Å². The minimum Gasteiger partial charge on any atom is -0.370 e. The van der Waals surface area contributed by atoms with Gasteiger partial charge >= 0.3 is 0 Å². The van der Waals surface area contributed by atoms with Gasteiger partial charge in [-0.15, -0.1) is 24.0 Å². The van der Waals surface area contributed by atoms with Crippen LogP contribution in [0.5, 0.6) is 0 Å². The molecular weight excluding hydrogens is 479 g/mol. The summed E-state index contributed by atoms with van der Waals surface area (Å²) in [6.45, 7) is 4.42. The van der Waals surface area contributed by atoms with Crippen LogP contribution in [0.1, 0.15) is 37.8 Å². The van der Waals surface area contributed by atoms with Gasteiger partial charge in [-0.2, -0.15) is 0 Å². The predicted molar refractivity (Wildman–Crippen MR) is 121 cm³/mol. The van der Waals surface area contributed by atoms with Crippen molar-refractivity contribution in [2.45, 2.75) is 45.6 Å². The second-order valence-electron chi connectivity index (χ2n) is 6.47. The number of guanidine groups is 1. The summed E-state index contributed by atoms with van der Waals surface area (Å²) in [5.41, 5.74) is 9.29. The SMILES string of the molecule is CCc1cccc(CC)c1NC(N)=NCCC(=O)NC1CCS(=O)(=O)C1.I. The highest BCUT2D eigenvalue weighted by Gasteiger charge is 2.28. The summed E-state index contributed by atoms with van der Waals surface area (Å²) >= 11 is 0. The van der Waals surface area contributed by atoms with E-state index in [0.717, 1.165) is 18.5 Å². The first kappa shape index (κ1) is 23.7. The van der Waals surface area contributed by atoms with E-state index in [0.29, 0.717) is 6.42 Å². The minimum atomic E-state index is -3.00. The van der Waals surface area contributed by atoms with Gasteiger partial charge in [0.15, 0.2) is 15.8 Å². The Morgan fingerprint density at radius 3 is 2.41 bits per heavy atom. The number of hydrogen-bond donors (Lipinski definition) is 3. The lowest BCUT2D eigenvalue weighted by atomic mass is 10.0. The second kappa shape index (κ2) is 10.8. The van der Waals surface area contributed by atoms with Crippen LogP contribution in [0, 0.1) is 0 Å². The summed E-state index contributed by atoms with van der Waals surface area (Å²) < 4.78 is 22.8. The fourth-order valence-corrected chi connectivity index (χ4v) is 4.73. The van der Waals surface area contributed by atoms with Gasteiger partial charge in [-0.3, -0.25) is 9.79 Å². The molecule has 1 heterocycles. The molecule has 1 fully saturated rings. The predicted octanol–water partition coefficient (Wildman–Crippen LogP) is 1.85. The highest BCUT2D eigenvalue weighted by atomic mass is 127. The first-order valence-corrected chi connectivity index (χ1v) is 10.8. The van der Waals surface area contributed by atoms with Crippen LogP contribution in [0.4, 0.5) is 5.69 Å². The summed E-state index contributed by atoms with van der Waals surface area (Å²) in [4.78, 5) is 16.1. The molecule has 9 heteroatoms. The lowest BCUT2D eigenvalue weighted by Crippen LogP contribution is -2.36. The van der Waals surface area contributed by atoms with Gasteiger partial charge in [0, 0.05) is 18.2 Å². The van der Waals surface area contributed by atoms with Gasteiger partial charge in [0.2, 0.25) is 5.91 Å². The number of carbonyl (C=O) groups is 1. The van der Waals surface area contributed by atoms with E-state index >= 15 is 0 Å². The van der Waals surface area contributed by atoms with Crippen molar-refractivity contribution in [3.05, 3.63) is 29.3 Å². The van der Waals surface area contributed by atoms with E-state index in [2.05, 4.69) is 41.6 Å². The summed E-state index contributed by atoms with van der Waals surface area (Å²) in [6.07, 6.45) is 2.43. The van der Waals surface area contributed by atoms with Crippen LogP contribution in [0.15, 0.2) is 23.2 Å². The number of aliphatic imine (C=N–C) groups is 1. The van der Waals surface area contributed by atoms with Gasteiger partial charge in [-0.25, -0.2) is 8.42 Å². The zero-order valence-corrected chi connectivity index (χ0v) is 19.0. The molecule has 1 amide bonds. The summed E-state index contributed by atoms with van der Waals surface area (Å²) in [5.74, 6) is 0.242. The molecule has 0 saturated carbocycles. The Balaban J connectivity index is 0.00000364. The Morgan fingerprint density at radius 2 is 1.89 bits per heavy atom. The molecule has 1 unspecified atom stereocenters. The number of nitrogens with two attached hydrogens (primary N) is 1. The number of aryl methyl sites for hydroxylation is 2. The first-order valence-electron chi connectivity index (χ1n) is 9.02. The number of nitrogens with zero attached hydrogens (tertiary/aromatic N) is 1. The molecule has 1 aliphatic rings. The number of nitrogens with one attached hydrogen (secondary N) is 2. The van der Waals surface area contributed by atoms with E-state index in [-0.39, 0.29) is 66.4 Å². The molecule has 0 spiro atoms. The smallest absolute Gasteiger partial charge is 0.222 e. The lowest BCUT2D eigenvalue weighted by molar-refractivity contribution is -0.121. The van der Waals surface area contributed by atoms with E-state index in [1.54, 1.807) is 0 Å². The lowest BCUT2D eigenvalue weighted by Gasteiger charge is -2.15. The standard InChI is InChI=1S/C18H28N4O3S.HI/c1-3-13-6-5-7-14(4-2)17(13)22-18(19)20-10-8-16(23)21-15-9-11-26(24,25)12-15;/h5-7,15H,3-4,8-12H2,1-2H3,(H,21,23)(H3,19,20,22);1H. The van der Waals surface area contributed by atoms with Crippen LogP contribution in [-0.4, -0.2) is 44.4 Å². The van der Waals surface area contributed by atoms with Crippen LogP contribution < -0.4 is 16.4 Å². The fraction of sp³-hybridized carbons (Fsp3) is 0.556. The topological polar surface area (TPSA) is 114 Å². The summed E-state index contributed by atoms with van der Waals surface area (Å²) in [6, 6.07) is 5.86. The number of sulfone groups is 1. The van der Waals surface area contributed by atoms with Crippen molar-refractivity contribution in [2.24, 2.45) is 10.7 Å². The molecule has 1 aliphatic heterocycles. The van der Waals surface area contributed by atoms with Gasteiger partial charge < -0.3 is 16.4 Å². The van der Waals surface area contributed by atoms with Crippen molar-refractivity contribution < 1.29 is 13.2 Å². The normalized spacial score (nSPS) is 18.6. The zero-order valence-electron chi connectivity index (χ0n) is 15.8. The van der Waals surface area contributed by atoms with Gasteiger partial charge in [-0.1, -0.05) is 32.0 Å². The largest absolute Gasteiger partial charge is 0.370 e. The third-order valence-corrected chi connectivity index (χ3v) is 6.24. The Hall–Kier alpha value is -1.36. The van der Waals surface area contributed by atoms with E-state index in [4.69, 9.17) is 5.73 Å². The van der Waals surface area contributed by atoms with Crippen molar-refractivity contribution in [3.8, 4) is 0 Å². The number of amides is 1. The van der Waals surface area contributed by atoms with Crippen molar-refractivity contribution in [3.63, 3.8) is 0 Å². The number of para-hydroxylation sites is 1. The molecule has 27 heavy (non-hydrogen) atoms. The Bertz CT molecular complexity index is 759. The van der Waals surface area contributed by atoms with Crippen molar-refractivity contribution in [1.82, 2.24) is 5.32 Å². The molecule has 152 valence electrons. The molecule has 0 radical (unpaired) electrons. The Kier molecular flexibility index (Phi) is 9.51. The van der Waals surface area contributed by atoms with E-state index in [9.17, 15) is 13.2 Å². The number of rotatable bonds is 7. The van der Waals surface area contributed by atoms with Crippen LogP contribution in [0.2, 0.25) is 0 Å². The number of carbonyl (C=O) groups excluding carboxylic acids is 1. The summed E-state index contributed by atoms with van der Waals surface area (Å²) in [7, 11) is -3.00. The van der Waals surface area contributed by atoms with E-state index in [1.165, 1.54) is 11.1 Å². The van der Waals surface area contributed by atoms with Gasteiger partial charge in [-0.05, 0) is 30.4 Å². The maximum absolute atomic E-state index is 11.9. The highest BCUT2D eigenvalue weighted by molar-refractivity contribution is 14.0. The van der Waals surface area contributed by atoms with Crippen molar-refractivity contribution >= 4 is 51.4 Å². The molecule has 0 aliphatic carbocycles. The summed E-state index contributed by atoms with van der Waals surface area (Å²) in [5, 5.41) is 5.90. The maximum atomic E-state index is 11.9. The molecule has 4 N–H and O–H groups in total. The number of halogens is 1. The third-order valence-electron chi connectivity index (χ3n) is 4.47. The van der Waals surface area contributed by atoms with Crippen LogP contribution in [0.3, 0.4) is 0 Å². The zero-order chi connectivity index (χ0) is 19.2. The second-order valence-corrected chi connectivity index (χ2v) is 8.70. The monoisotopic (exact) mass is 508 g/mol.